The summed E-state index contributed by atoms with van der Waals surface area (Å²) in [4.78, 5) is 24.5. The van der Waals surface area contributed by atoms with Crippen LogP contribution in [0.1, 0.15) is 40.5 Å². The van der Waals surface area contributed by atoms with Crippen LogP contribution in [0.25, 0.3) is 0 Å². The Labute approximate surface area is 154 Å². The van der Waals surface area contributed by atoms with Gasteiger partial charge in [0, 0.05) is 12.0 Å². The zero-order valence-corrected chi connectivity index (χ0v) is 15.8. The second-order valence-electron chi connectivity index (χ2n) is 7.07. The molecule has 0 aromatic carbocycles. The number of aliphatic hydroxyl groups is 2. The molecule has 2 aliphatic rings. The van der Waals surface area contributed by atoms with E-state index in [0.717, 1.165) is 0 Å². The van der Waals surface area contributed by atoms with Gasteiger partial charge in [-0.15, -0.1) is 0 Å². The van der Waals surface area contributed by atoms with Crippen molar-refractivity contribution in [2.45, 2.75) is 58.8 Å². The first-order chi connectivity index (χ1) is 12.3. The predicted molar refractivity (Wildman–Crippen MR) is 96.0 cm³/mol. The molecule has 0 bridgehead atoms. The van der Waals surface area contributed by atoms with Crippen molar-refractivity contribution in [3.8, 4) is 0 Å². The van der Waals surface area contributed by atoms with Crippen molar-refractivity contribution in [1.82, 2.24) is 0 Å². The van der Waals surface area contributed by atoms with Crippen molar-refractivity contribution >= 4 is 11.9 Å². The number of hydrogen-bond acceptors (Lipinski definition) is 6. The van der Waals surface area contributed by atoms with E-state index >= 15 is 0 Å². The van der Waals surface area contributed by atoms with Crippen LogP contribution in [-0.4, -0.2) is 47.1 Å². The largest absolute Gasteiger partial charge is 0.458 e. The fourth-order valence-corrected chi connectivity index (χ4v) is 3.35. The highest BCUT2D eigenvalue weighted by molar-refractivity contribution is 5.87. The van der Waals surface area contributed by atoms with E-state index in [-0.39, 0.29) is 18.5 Å². The first kappa shape index (κ1) is 20.4. The van der Waals surface area contributed by atoms with Crippen LogP contribution < -0.4 is 0 Å². The second kappa shape index (κ2) is 8.64. The molecule has 0 unspecified atom stereocenters. The predicted octanol–water partition coefficient (Wildman–Crippen LogP) is 2.06. The molecule has 0 amide bonds. The minimum Gasteiger partial charge on any atom is -0.458 e. The van der Waals surface area contributed by atoms with E-state index in [2.05, 4.69) is 0 Å². The van der Waals surface area contributed by atoms with Gasteiger partial charge in [0.05, 0.1) is 24.5 Å². The lowest BCUT2D eigenvalue weighted by molar-refractivity contribution is -0.148. The van der Waals surface area contributed by atoms with Crippen molar-refractivity contribution < 1.29 is 29.3 Å². The summed E-state index contributed by atoms with van der Waals surface area (Å²) in [6.45, 7) is 6.75. The lowest BCUT2D eigenvalue weighted by atomic mass is 9.82. The van der Waals surface area contributed by atoms with Crippen LogP contribution in [0, 0.1) is 11.8 Å². The maximum atomic E-state index is 12.3. The quantitative estimate of drug-likeness (QED) is 0.452. The van der Waals surface area contributed by atoms with E-state index in [0.29, 0.717) is 29.6 Å². The zero-order valence-electron chi connectivity index (χ0n) is 15.8. The highest BCUT2D eigenvalue weighted by atomic mass is 16.6. The Morgan fingerprint density at radius 1 is 1.46 bits per heavy atom. The van der Waals surface area contributed by atoms with Gasteiger partial charge in [-0.3, -0.25) is 4.79 Å². The normalized spacial score (nSPS) is 36.9. The summed E-state index contributed by atoms with van der Waals surface area (Å²) in [7, 11) is 0. The van der Waals surface area contributed by atoms with Crippen LogP contribution in [0.2, 0.25) is 0 Å². The number of rotatable bonds is 3. The Balaban J connectivity index is 2.43. The summed E-state index contributed by atoms with van der Waals surface area (Å²) < 4.78 is 11.2. The summed E-state index contributed by atoms with van der Waals surface area (Å²) >= 11 is 0. The SMILES string of the molecule is C/C=C(\C)C(=O)O[C@@H]1C/C(CO)=C/C[C@@H](O)/C(C)=C\[C@H]2OC(=O)[C@H](C)[C@@H]21. The number of esters is 2. The molecule has 0 radical (unpaired) electrons. The van der Waals surface area contributed by atoms with Gasteiger partial charge < -0.3 is 19.7 Å². The first-order valence-electron chi connectivity index (χ1n) is 8.98. The van der Waals surface area contributed by atoms with Gasteiger partial charge >= 0.3 is 11.9 Å². The number of hydrogen-bond donors (Lipinski definition) is 2. The van der Waals surface area contributed by atoms with Gasteiger partial charge in [-0.2, -0.15) is 0 Å². The van der Waals surface area contributed by atoms with E-state index in [1.807, 2.05) is 0 Å². The molecule has 0 aromatic heterocycles. The van der Waals surface area contributed by atoms with Crippen LogP contribution in [0.15, 0.2) is 34.9 Å². The fourth-order valence-electron chi connectivity index (χ4n) is 3.35. The average Bonchev–Trinajstić information content (AvgIpc) is 2.89. The van der Waals surface area contributed by atoms with Crippen LogP contribution in [0.5, 0.6) is 0 Å². The van der Waals surface area contributed by atoms with Gasteiger partial charge in [-0.05, 0) is 44.4 Å². The van der Waals surface area contributed by atoms with Crippen molar-refractivity contribution in [2.24, 2.45) is 11.8 Å². The summed E-state index contributed by atoms with van der Waals surface area (Å²) in [6.07, 6.45) is 3.93. The molecule has 1 aliphatic heterocycles. The topological polar surface area (TPSA) is 93.1 Å². The maximum absolute atomic E-state index is 12.3. The smallest absolute Gasteiger partial charge is 0.333 e. The number of carbonyl (C=O) groups excluding carboxylic acids is 2. The first-order valence-corrected chi connectivity index (χ1v) is 8.98. The van der Waals surface area contributed by atoms with Crippen LogP contribution in [0.3, 0.4) is 0 Å². The molecule has 0 spiro atoms. The Kier molecular flexibility index (Phi) is 6.78. The van der Waals surface area contributed by atoms with Crippen LogP contribution >= 0.6 is 0 Å². The lowest BCUT2D eigenvalue weighted by Gasteiger charge is -2.29. The third-order valence-corrected chi connectivity index (χ3v) is 5.27. The van der Waals surface area contributed by atoms with E-state index in [9.17, 15) is 19.8 Å². The highest BCUT2D eigenvalue weighted by Gasteiger charge is 2.47. The standard InChI is InChI=1S/C20H28O6/c1-5-11(2)19(23)25-17-9-14(10-21)6-7-15(22)12(3)8-16-18(17)13(4)20(24)26-16/h5-6,8,13,15-18,21-22H,7,9-10H2,1-4H3/b11-5+,12-8-,14-6-/t13-,15-,16-,17-,18+/m1/s1. The molecule has 26 heavy (non-hydrogen) atoms. The van der Waals surface area contributed by atoms with Crippen LogP contribution in [0.4, 0.5) is 0 Å². The third kappa shape index (κ3) is 4.43. The Bertz CT molecular complexity index is 645. The van der Waals surface area contributed by atoms with Gasteiger partial charge in [-0.25, -0.2) is 4.79 Å². The molecular weight excluding hydrogens is 336 g/mol. The van der Waals surface area contributed by atoms with E-state index in [4.69, 9.17) is 9.47 Å². The van der Waals surface area contributed by atoms with Crippen molar-refractivity contribution in [2.75, 3.05) is 6.61 Å². The van der Waals surface area contributed by atoms with Gasteiger partial charge in [0.25, 0.3) is 0 Å². The average molecular weight is 364 g/mol. The summed E-state index contributed by atoms with van der Waals surface area (Å²) in [5, 5.41) is 19.9. The monoisotopic (exact) mass is 364 g/mol. The third-order valence-electron chi connectivity index (χ3n) is 5.27. The van der Waals surface area contributed by atoms with E-state index in [1.54, 1.807) is 45.9 Å². The van der Waals surface area contributed by atoms with Crippen molar-refractivity contribution in [3.05, 3.63) is 34.9 Å². The zero-order chi connectivity index (χ0) is 19.4. The molecule has 5 atom stereocenters. The van der Waals surface area contributed by atoms with Crippen molar-refractivity contribution in [3.63, 3.8) is 0 Å². The number of ether oxygens (including phenoxy) is 2. The molecule has 0 aromatic rings. The summed E-state index contributed by atoms with van der Waals surface area (Å²) in [5.41, 5.74) is 1.83. The maximum Gasteiger partial charge on any atom is 0.333 e. The molecule has 2 N–H and O–H groups in total. The van der Waals surface area contributed by atoms with E-state index in [1.165, 1.54) is 0 Å². The van der Waals surface area contributed by atoms with Gasteiger partial charge in [-0.1, -0.05) is 19.1 Å². The summed E-state index contributed by atoms with van der Waals surface area (Å²) in [5.74, 6) is -1.63. The molecule has 144 valence electrons. The molecule has 6 heteroatoms. The van der Waals surface area contributed by atoms with E-state index < -0.39 is 30.2 Å². The molecule has 1 aliphatic carbocycles. The Hall–Kier alpha value is -1.92. The van der Waals surface area contributed by atoms with Crippen LogP contribution in [-0.2, 0) is 19.1 Å². The molecule has 2 rings (SSSR count). The van der Waals surface area contributed by atoms with Crippen molar-refractivity contribution in [1.29, 1.82) is 0 Å². The number of aliphatic hydroxyl groups excluding tert-OH is 2. The number of fused-ring (bicyclic) bond motifs is 1. The molecular formula is C20H28O6. The minimum atomic E-state index is -0.712. The Morgan fingerprint density at radius 3 is 2.77 bits per heavy atom. The molecule has 1 fully saturated rings. The molecule has 1 saturated heterocycles. The minimum absolute atomic E-state index is 0.202. The fraction of sp³-hybridized carbons (Fsp3) is 0.600. The molecule has 6 nitrogen and oxygen atoms in total. The van der Waals surface area contributed by atoms with Gasteiger partial charge in [0.2, 0.25) is 0 Å². The van der Waals surface area contributed by atoms with Gasteiger partial charge in [0.1, 0.15) is 12.2 Å². The number of carbonyl (C=O) groups is 2. The summed E-state index contributed by atoms with van der Waals surface area (Å²) in [6, 6.07) is 0. The molecule has 0 saturated carbocycles. The molecule has 1 heterocycles. The highest BCUT2D eigenvalue weighted by Crippen LogP contribution is 2.37. The lowest BCUT2D eigenvalue weighted by Crippen LogP contribution is -2.36. The Morgan fingerprint density at radius 2 is 2.15 bits per heavy atom. The second-order valence-corrected chi connectivity index (χ2v) is 7.07. The number of allylic oxidation sites excluding steroid dienone is 1. The van der Waals surface area contributed by atoms with Gasteiger partial charge in [0.15, 0.2) is 0 Å².